The van der Waals surface area contributed by atoms with Gasteiger partial charge in [-0.1, -0.05) is 0 Å². The van der Waals surface area contributed by atoms with Crippen LogP contribution in [0.2, 0.25) is 0 Å². The minimum atomic E-state index is -0.646. The average Bonchev–Trinajstić information content (AvgIpc) is 2.95. The summed E-state index contributed by atoms with van der Waals surface area (Å²) in [5, 5.41) is 18.0. The van der Waals surface area contributed by atoms with Gasteiger partial charge in [-0.2, -0.15) is 11.3 Å². The summed E-state index contributed by atoms with van der Waals surface area (Å²) >= 11 is 6.29. The highest BCUT2D eigenvalue weighted by atomic mass is 79.9. The van der Waals surface area contributed by atoms with Crippen LogP contribution in [0.4, 0.5) is 0 Å². The van der Waals surface area contributed by atoms with Crippen LogP contribution in [0, 0.1) is 0 Å². The Kier molecular flexibility index (Phi) is 4.33. The summed E-state index contributed by atoms with van der Waals surface area (Å²) in [7, 11) is 0. The van der Waals surface area contributed by atoms with Crippen molar-refractivity contribution in [1.29, 1.82) is 0 Å². The van der Waals surface area contributed by atoms with Crippen molar-refractivity contribution in [2.24, 2.45) is 0 Å². The van der Waals surface area contributed by atoms with E-state index in [0.717, 1.165) is 9.35 Å². The fourth-order valence-corrected chi connectivity index (χ4v) is 3.15. The molecule has 6 heteroatoms. The summed E-state index contributed by atoms with van der Waals surface area (Å²) in [5.41, 5.74) is 1.45. The highest BCUT2D eigenvalue weighted by Gasteiger charge is 2.12. The summed E-state index contributed by atoms with van der Waals surface area (Å²) < 4.78 is 0.918. The molecule has 0 aliphatic heterocycles. The van der Waals surface area contributed by atoms with Gasteiger partial charge in [-0.3, -0.25) is 4.79 Å². The Hall–Kier alpha value is -0.690. The molecule has 0 saturated heterocycles. The van der Waals surface area contributed by atoms with Crippen molar-refractivity contribution in [1.82, 2.24) is 5.32 Å². The van der Waals surface area contributed by atoms with Gasteiger partial charge in [0.1, 0.15) is 0 Å². The Morgan fingerprint density at radius 3 is 2.94 bits per heavy atom. The quantitative estimate of drug-likeness (QED) is 0.904. The Morgan fingerprint density at radius 1 is 1.53 bits per heavy atom. The van der Waals surface area contributed by atoms with Gasteiger partial charge >= 0.3 is 0 Å². The van der Waals surface area contributed by atoms with Gasteiger partial charge in [-0.15, -0.1) is 11.3 Å². The standard InChI is InChI=1S/C11H10BrNO2S2/c12-10-3-8(6-17-10)11(15)13-4-9(14)7-1-2-16-5-7/h1-3,5-6,9,14H,4H2,(H,13,15). The number of halogens is 1. The Bertz CT molecular complexity index is 495. The van der Waals surface area contributed by atoms with E-state index in [1.807, 2.05) is 16.8 Å². The molecule has 3 nitrogen and oxygen atoms in total. The zero-order valence-corrected chi connectivity index (χ0v) is 11.9. The maximum Gasteiger partial charge on any atom is 0.252 e. The summed E-state index contributed by atoms with van der Waals surface area (Å²) in [6, 6.07) is 3.61. The molecule has 0 spiro atoms. The maximum atomic E-state index is 11.7. The zero-order valence-electron chi connectivity index (χ0n) is 8.72. The van der Waals surface area contributed by atoms with E-state index in [9.17, 15) is 9.90 Å². The highest BCUT2D eigenvalue weighted by molar-refractivity contribution is 9.11. The number of aliphatic hydroxyl groups is 1. The Balaban J connectivity index is 1.88. The van der Waals surface area contributed by atoms with Crippen LogP contribution in [-0.2, 0) is 0 Å². The third-order valence-corrected chi connectivity index (χ3v) is 4.42. The number of amides is 1. The first kappa shape index (κ1) is 12.8. The number of hydrogen-bond acceptors (Lipinski definition) is 4. The van der Waals surface area contributed by atoms with E-state index < -0.39 is 6.10 Å². The molecule has 0 fully saturated rings. The van der Waals surface area contributed by atoms with Crippen molar-refractivity contribution in [2.45, 2.75) is 6.10 Å². The zero-order chi connectivity index (χ0) is 12.3. The SMILES string of the molecule is O=C(NCC(O)c1ccsc1)c1csc(Br)c1. The highest BCUT2D eigenvalue weighted by Crippen LogP contribution is 2.21. The topological polar surface area (TPSA) is 49.3 Å². The van der Waals surface area contributed by atoms with Crippen LogP contribution >= 0.6 is 38.6 Å². The summed E-state index contributed by atoms with van der Waals surface area (Å²) in [4.78, 5) is 11.7. The smallest absolute Gasteiger partial charge is 0.252 e. The fourth-order valence-electron chi connectivity index (χ4n) is 1.30. The van der Waals surface area contributed by atoms with E-state index in [4.69, 9.17) is 0 Å². The lowest BCUT2D eigenvalue weighted by Crippen LogP contribution is -2.27. The molecule has 1 amide bonds. The third-order valence-electron chi connectivity index (χ3n) is 2.21. The fraction of sp³-hybridized carbons (Fsp3) is 0.182. The molecule has 0 aromatic carbocycles. The molecule has 0 saturated carbocycles. The van der Waals surface area contributed by atoms with Crippen LogP contribution in [-0.4, -0.2) is 17.6 Å². The molecule has 2 aromatic heterocycles. The first-order valence-corrected chi connectivity index (χ1v) is 7.51. The number of hydrogen-bond donors (Lipinski definition) is 2. The van der Waals surface area contributed by atoms with Gasteiger partial charge in [0.05, 0.1) is 15.5 Å². The Morgan fingerprint density at radius 2 is 2.35 bits per heavy atom. The van der Waals surface area contributed by atoms with E-state index in [-0.39, 0.29) is 12.5 Å². The molecular formula is C11H10BrNO2S2. The first-order chi connectivity index (χ1) is 8.16. The van der Waals surface area contributed by atoms with Crippen LogP contribution in [0.1, 0.15) is 22.0 Å². The number of thiophene rings is 2. The second kappa shape index (κ2) is 5.77. The van der Waals surface area contributed by atoms with E-state index >= 15 is 0 Å². The van der Waals surface area contributed by atoms with Crippen molar-refractivity contribution in [3.8, 4) is 0 Å². The first-order valence-electron chi connectivity index (χ1n) is 4.89. The van der Waals surface area contributed by atoms with Gasteiger partial charge in [0, 0.05) is 11.9 Å². The lowest BCUT2D eigenvalue weighted by atomic mass is 10.2. The molecule has 1 atom stereocenters. The van der Waals surface area contributed by atoms with E-state index in [2.05, 4.69) is 21.2 Å². The van der Waals surface area contributed by atoms with Gasteiger partial charge < -0.3 is 10.4 Å². The third kappa shape index (κ3) is 3.38. The minimum Gasteiger partial charge on any atom is -0.387 e. The van der Waals surface area contributed by atoms with Crippen molar-refractivity contribution in [3.05, 3.63) is 43.2 Å². The number of rotatable bonds is 4. The molecule has 17 heavy (non-hydrogen) atoms. The minimum absolute atomic E-state index is 0.166. The molecule has 90 valence electrons. The monoisotopic (exact) mass is 331 g/mol. The van der Waals surface area contributed by atoms with Crippen molar-refractivity contribution >= 4 is 44.5 Å². The van der Waals surface area contributed by atoms with Gasteiger partial charge in [0.25, 0.3) is 5.91 Å². The molecule has 2 heterocycles. The predicted molar refractivity (Wildman–Crippen MR) is 73.6 cm³/mol. The molecule has 0 radical (unpaired) electrons. The van der Waals surface area contributed by atoms with Gasteiger partial charge in [0.2, 0.25) is 0 Å². The summed E-state index contributed by atoms with van der Waals surface area (Å²) in [6.07, 6.45) is -0.646. The molecule has 2 N–H and O–H groups in total. The molecule has 0 aliphatic carbocycles. The number of carbonyl (C=O) groups excluding carboxylic acids is 1. The number of aliphatic hydroxyl groups excluding tert-OH is 1. The van der Waals surface area contributed by atoms with Crippen LogP contribution in [0.25, 0.3) is 0 Å². The Labute approximate surface area is 115 Å². The van der Waals surface area contributed by atoms with E-state index in [1.54, 1.807) is 11.4 Å². The number of carbonyl (C=O) groups is 1. The molecule has 0 bridgehead atoms. The van der Waals surface area contributed by atoms with Gasteiger partial charge in [0.15, 0.2) is 0 Å². The molecule has 2 rings (SSSR count). The molecule has 0 aliphatic rings. The maximum absolute atomic E-state index is 11.7. The molecule has 1 unspecified atom stereocenters. The predicted octanol–water partition coefficient (Wildman–Crippen LogP) is 3.04. The van der Waals surface area contributed by atoms with Crippen LogP contribution < -0.4 is 5.32 Å². The summed E-state index contributed by atoms with van der Waals surface area (Å²) in [6.45, 7) is 0.225. The summed E-state index contributed by atoms with van der Waals surface area (Å²) in [5.74, 6) is -0.166. The van der Waals surface area contributed by atoms with Crippen molar-refractivity contribution in [3.63, 3.8) is 0 Å². The molecular weight excluding hydrogens is 322 g/mol. The lowest BCUT2D eigenvalue weighted by Gasteiger charge is -2.09. The van der Waals surface area contributed by atoms with Gasteiger partial charge in [-0.05, 0) is 44.4 Å². The van der Waals surface area contributed by atoms with Gasteiger partial charge in [-0.25, -0.2) is 0 Å². The number of nitrogens with one attached hydrogen (secondary N) is 1. The molecule has 2 aromatic rings. The average molecular weight is 332 g/mol. The van der Waals surface area contributed by atoms with Crippen LogP contribution in [0.3, 0.4) is 0 Å². The van der Waals surface area contributed by atoms with Crippen LogP contribution in [0.15, 0.2) is 32.1 Å². The second-order valence-corrected chi connectivity index (χ2v) is 6.49. The largest absolute Gasteiger partial charge is 0.387 e. The second-order valence-electron chi connectivity index (χ2n) is 3.42. The van der Waals surface area contributed by atoms with Crippen LogP contribution in [0.5, 0.6) is 0 Å². The van der Waals surface area contributed by atoms with Crippen molar-refractivity contribution < 1.29 is 9.90 Å². The van der Waals surface area contributed by atoms with E-state index in [1.165, 1.54) is 22.7 Å². The van der Waals surface area contributed by atoms with E-state index in [0.29, 0.717) is 5.56 Å². The normalized spacial score (nSPS) is 12.4. The van der Waals surface area contributed by atoms with Crippen molar-refractivity contribution in [2.75, 3.05) is 6.54 Å². The lowest BCUT2D eigenvalue weighted by molar-refractivity contribution is 0.0917.